The summed E-state index contributed by atoms with van der Waals surface area (Å²) in [5.41, 5.74) is 0.285. The third-order valence-corrected chi connectivity index (χ3v) is 5.44. The second-order valence-corrected chi connectivity index (χ2v) is 7.54. The zero-order valence-corrected chi connectivity index (χ0v) is 14.7. The Hall–Kier alpha value is -2.41. The monoisotopic (exact) mass is 360 g/mol. The summed E-state index contributed by atoms with van der Waals surface area (Å²) in [7, 11) is 0. The summed E-state index contributed by atoms with van der Waals surface area (Å²) in [6.07, 6.45) is 0.167. The Morgan fingerprint density at radius 1 is 1.31 bits per heavy atom. The van der Waals surface area contributed by atoms with Gasteiger partial charge in [0.25, 0.3) is 0 Å². The van der Waals surface area contributed by atoms with Crippen LogP contribution in [0.25, 0.3) is 0 Å². The lowest BCUT2D eigenvalue weighted by atomic mass is 9.82. The number of carbonyl (C=O) groups is 3. The summed E-state index contributed by atoms with van der Waals surface area (Å²) < 4.78 is 22.3. The Balaban J connectivity index is 1.74. The Morgan fingerprint density at radius 2 is 2.04 bits per heavy atom. The van der Waals surface area contributed by atoms with Crippen molar-refractivity contribution >= 4 is 17.9 Å². The highest BCUT2D eigenvalue weighted by molar-refractivity contribution is 5.93. The maximum atomic E-state index is 12.2. The van der Waals surface area contributed by atoms with E-state index in [0.717, 1.165) is 0 Å². The molecule has 7 nitrogen and oxygen atoms in total. The number of epoxide rings is 1. The van der Waals surface area contributed by atoms with Gasteiger partial charge in [0.05, 0.1) is 11.5 Å². The summed E-state index contributed by atoms with van der Waals surface area (Å²) in [5.74, 6) is -2.17. The molecule has 0 amide bonds. The molecule has 2 bridgehead atoms. The maximum absolute atomic E-state index is 12.2. The molecule has 0 N–H and O–H groups in total. The van der Waals surface area contributed by atoms with Crippen molar-refractivity contribution in [2.75, 3.05) is 0 Å². The first-order valence-electron chi connectivity index (χ1n) is 8.55. The molecular formula is C19H20O7. The average molecular weight is 360 g/mol. The van der Waals surface area contributed by atoms with Gasteiger partial charge in [-0.05, 0) is 19.9 Å². The van der Waals surface area contributed by atoms with Crippen LogP contribution in [0.4, 0.5) is 0 Å². The van der Waals surface area contributed by atoms with Gasteiger partial charge in [-0.15, -0.1) is 0 Å². The van der Waals surface area contributed by atoms with Crippen LogP contribution in [-0.4, -0.2) is 47.9 Å². The molecule has 3 heterocycles. The number of ether oxygens (including phenoxy) is 4. The van der Waals surface area contributed by atoms with Crippen molar-refractivity contribution in [3.05, 3.63) is 36.0 Å². The lowest BCUT2D eigenvalue weighted by Gasteiger charge is -2.27. The summed E-state index contributed by atoms with van der Waals surface area (Å²) in [6.45, 7) is 10.8. The number of hydrogen-bond acceptors (Lipinski definition) is 7. The topological polar surface area (TPSA) is 91.4 Å². The molecule has 0 unspecified atom stereocenters. The van der Waals surface area contributed by atoms with E-state index in [1.165, 1.54) is 6.92 Å². The highest BCUT2D eigenvalue weighted by Gasteiger charge is 2.65. The first kappa shape index (κ1) is 17.0. The van der Waals surface area contributed by atoms with Crippen LogP contribution in [0.1, 0.15) is 26.7 Å². The molecular weight excluding hydrogens is 340 g/mol. The molecule has 138 valence electrons. The number of fused-ring (bicyclic) bond motifs is 4. The van der Waals surface area contributed by atoms with Gasteiger partial charge in [-0.1, -0.05) is 13.2 Å². The molecule has 7 heteroatoms. The van der Waals surface area contributed by atoms with Gasteiger partial charge < -0.3 is 18.9 Å². The zero-order valence-electron chi connectivity index (χ0n) is 14.7. The zero-order chi connectivity index (χ0) is 18.8. The van der Waals surface area contributed by atoms with Crippen molar-refractivity contribution in [3.8, 4) is 0 Å². The van der Waals surface area contributed by atoms with Gasteiger partial charge >= 0.3 is 17.9 Å². The van der Waals surface area contributed by atoms with Crippen molar-refractivity contribution < 1.29 is 33.3 Å². The van der Waals surface area contributed by atoms with E-state index in [4.69, 9.17) is 18.9 Å². The van der Waals surface area contributed by atoms with Crippen LogP contribution in [0.15, 0.2) is 36.0 Å². The maximum Gasteiger partial charge on any atom is 0.334 e. The fourth-order valence-corrected chi connectivity index (χ4v) is 4.02. The van der Waals surface area contributed by atoms with Crippen LogP contribution in [-0.2, 0) is 33.3 Å². The third-order valence-electron chi connectivity index (χ3n) is 5.44. The Morgan fingerprint density at radius 3 is 2.73 bits per heavy atom. The third kappa shape index (κ3) is 2.58. The Kier molecular flexibility index (Phi) is 3.63. The summed E-state index contributed by atoms with van der Waals surface area (Å²) in [4.78, 5) is 36.5. The van der Waals surface area contributed by atoms with E-state index in [2.05, 4.69) is 13.2 Å². The quantitative estimate of drug-likeness (QED) is 0.318. The SMILES string of the molecule is C=C(C)C(=O)O[C@H]1CC2=C[C@H](C[C@@]3(C)O[C@H]3[C@H]3OC(=O)C(=C)[C@@H]31)OC2=O. The van der Waals surface area contributed by atoms with Gasteiger partial charge in [0.2, 0.25) is 0 Å². The minimum Gasteiger partial charge on any atom is -0.458 e. The predicted octanol–water partition coefficient (Wildman–Crippen LogP) is 1.38. The highest BCUT2D eigenvalue weighted by Crippen LogP contribution is 2.51. The van der Waals surface area contributed by atoms with E-state index in [0.29, 0.717) is 12.0 Å². The Bertz CT molecular complexity index is 779. The van der Waals surface area contributed by atoms with Crippen molar-refractivity contribution in [2.45, 2.75) is 56.7 Å². The smallest absolute Gasteiger partial charge is 0.334 e. The first-order chi connectivity index (χ1) is 12.2. The molecule has 3 aliphatic heterocycles. The lowest BCUT2D eigenvalue weighted by molar-refractivity contribution is -0.149. The molecule has 0 radical (unpaired) electrons. The lowest BCUT2D eigenvalue weighted by Crippen LogP contribution is -2.39. The number of esters is 3. The van der Waals surface area contributed by atoms with E-state index in [1.807, 2.05) is 6.92 Å². The normalized spacial score (nSPS) is 40.6. The molecule has 0 aromatic heterocycles. The van der Waals surface area contributed by atoms with Crippen molar-refractivity contribution in [3.63, 3.8) is 0 Å². The molecule has 0 aromatic carbocycles. The largest absolute Gasteiger partial charge is 0.458 e. The van der Waals surface area contributed by atoms with Crippen LogP contribution >= 0.6 is 0 Å². The van der Waals surface area contributed by atoms with Gasteiger partial charge in [-0.25, -0.2) is 14.4 Å². The van der Waals surface area contributed by atoms with Gasteiger partial charge in [0.1, 0.15) is 24.4 Å². The molecule has 0 spiro atoms. The van der Waals surface area contributed by atoms with Crippen LogP contribution in [0, 0.1) is 5.92 Å². The van der Waals surface area contributed by atoms with Crippen LogP contribution in [0.5, 0.6) is 0 Å². The number of hydrogen-bond donors (Lipinski definition) is 0. The summed E-state index contributed by atoms with van der Waals surface area (Å²) in [6, 6.07) is 0. The minimum absolute atomic E-state index is 0.120. The van der Waals surface area contributed by atoms with Gasteiger partial charge in [0.15, 0.2) is 0 Å². The van der Waals surface area contributed by atoms with E-state index in [-0.39, 0.29) is 23.7 Å². The molecule has 2 saturated heterocycles. The molecule has 26 heavy (non-hydrogen) atoms. The van der Waals surface area contributed by atoms with E-state index in [1.54, 1.807) is 6.08 Å². The Labute approximate surface area is 150 Å². The van der Waals surface area contributed by atoms with Crippen LogP contribution < -0.4 is 0 Å². The summed E-state index contributed by atoms with van der Waals surface area (Å²) in [5, 5.41) is 0. The first-order valence-corrected chi connectivity index (χ1v) is 8.55. The van der Waals surface area contributed by atoms with Crippen molar-refractivity contribution in [1.82, 2.24) is 0 Å². The summed E-state index contributed by atoms with van der Waals surface area (Å²) >= 11 is 0. The van der Waals surface area contributed by atoms with Gasteiger partial charge in [0, 0.05) is 29.6 Å². The van der Waals surface area contributed by atoms with Crippen LogP contribution in [0.2, 0.25) is 0 Å². The van der Waals surface area contributed by atoms with E-state index in [9.17, 15) is 14.4 Å². The fourth-order valence-electron chi connectivity index (χ4n) is 4.02. The van der Waals surface area contributed by atoms with Crippen molar-refractivity contribution in [2.24, 2.45) is 5.92 Å². The molecule has 4 rings (SSSR count). The number of rotatable bonds is 2. The standard InChI is InChI=1S/C19H20O7/c1-8(2)16(20)24-12-6-10-5-11(23-18(10)22)7-19(4)15(26-19)14-13(12)9(3)17(21)25-14/h5,11-15H,1,3,6-7H2,2,4H3/t11-,12+,13-,14+,15+,19-/m1/s1. The van der Waals surface area contributed by atoms with Crippen LogP contribution in [0.3, 0.4) is 0 Å². The molecule has 6 atom stereocenters. The molecule has 1 aliphatic carbocycles. The second-order valence-electron chi connectivity index (χ2n) is 7.54. The van der Waals surface area contributed by atoms with Gasteiger partial charge in [-0.2, -0.15) is 0 Å². The molecule has 0 aromatic rings. The number of carbonyl (C=O) groups excluding carboxylic acids is 3. The molecule has 4 aliphatic rings. The van der Waals surface area contributed by atoms with Gasteiger partial charge in [-0.3, -0.25) is 0 Å². The minimum atomic E-state index is -0.799. The van der Waals surface area contributed by atoms with Crippen molar-refractivity contribution in [1.29, 1.82) is 0 Å². The van der Waals surface area contributed by atoms with E-state index < -0.39 is 47.7 Å². The molecule has 0 saturated carbocycles. The fraction of sp³-hybridized carbons (Fsp3) is 0.526. The highest BCUT2D eigenvalue weighted by atomic mass is 16.7. The van der Waals surface area contributed by atoms with E-state index >= 15 is 0 Å². The molecule has 2 fully saturated rings. The average Bonchev–Trinajstić information content (AvgIpc) is 2.96. The second kappa shape index (κ2) is 5.54. The predicted molar refractivity (Wildman–Crippen MR) is 87.7 cm³/mol.